The van der Waals surface area contributed by atoms with Crippen LogP contribution in [0.25, 0.3) is 11.4 Å². The monoisotopic (exact) mass is 364 g/mol. The zero-order valence-electron chi connectivity index (χ0n) is 14.5. The summed E-state index contributed by atoms with van der Waals surface area (Å²) in [7, 11) is 0. The van der Waals surface area contributed by atoms with E-state index in [9.17, 15) is 9.18 Å². The number of hydrogen-bond donors (Lipinski definition) is 2. The van der Waals surface area contributed by atoms with Gasteiger partial charge in [0.1, 0.15) is 5.82 Å². The highest BCUT2D eigenvalue weighted by Crippen LogP contribution is 2.25. The molecule has 1 aliphatic heterocycles. The third-order valence-electron chi connectivity index (χ3n) is 4.51. The van der Waals surface area contributed by atoms with Crippen LogP contribution in [0, 0.1) is 5.82 Å². The number of hydrogen-bond acceptors (Lipinski definition) is 4. The normalized spacial score (nSPS) is 16.8. The Kier molecular flexibility index (Phi) is 5.70. The summed E-state index contributed by atoms with van der Waals surface area (Å²) in [6.45, 7) is 8.72. The van der Waals surface area contributed by atoms with E-state index in [1.54, 1.807) is 18.2 Å². The Balaban J connectivity index is 1.61. The lowest BCUT2D eigenvalue weighted by Gasteiger charge is -2.32. The van der Waals surface area contributed by atoms with E-state index >= 15 is 0 Å². The summed E-state index contributed by atoms with van der Waals surface area (Å²) in [5.41, 5.74) is 0.375. The van der Waals surface area contributed by atoms with Crippen molar-refractivity contribution in [3.8, 4) is 11.4 Å². The fourth-order valence-electron chi connectivity index (χ4n) is 2.94. The lowest BCUT2D eigenvalue weighted by molar-refractivity contribution is -0.902. The molecule has 0 bridgehead atoms. The number of likely N-dealkylation sites (N-methyl/N-ethyl adjacent to an activating group) is 1. The summed E-state index contributed by atoms with van der Waals surface area (Å²) in [5, 5.41) is 7.05. The second-order valence-electron chi connectivity index (χ2n) is 6.14. The second kappa shape index (κ2) is 7.97. The van der Waals surface area contributed by atoms with Gasteiger partial charge in [0.2, 0.25) is 11.1 Å². The van der Waals surface area contributed by atoms with E-state index < -0.39 is 0 Å². The Morgan fingerprint density at radius 2 is 2.12 bits per heavy atom. The molecule has 0 spiro atoms. The molecule has 2 heterocycles. The highest BCUT2D eigenvalue weighted by molar-refractivity contribution is 8.00. The van der Waals surface area contributed by atoms with Gasteiger partial charge in [-0.2, -0.15) is 0 Å². The number of piperazine rings is 1. The SMILES string of the molecule is CC[NH+]1CCN(C(=O)[C@H](C)Sc2n[nH]c(-c3ccccc3F)n2)CC1. The van der Waals surface area contributed by atoms with Crippen LogP contribution in [0.2, 0.25) is 0 Å². The van der Waals surface area contributed by atoms with Crippen LogP contribution < -0.4 is 4.90 Å². The Hall–Kier alpha value is -1.93. The molecule has 3 rings (SSSR count). The van der Waals surface area contributed by atoms with Gasteiger partial charge in [-0.1, -0.05) is 23.9 Å². The zero-order chi connectivity index (χ0) is 17.8. The van der Waals surface area contributed by atoms with Crippen LogP contribution in [0.4, 0.5) is 4.39 Å². The smallest absolute Gasteiger partial charge is 0.236 e. The number of carbonyl (C=O) groups is 1. The molecule has 1 aromatic heterocycles. The van der Waals surface area contributed by atoms with Crippen molar-refractivity contribution in [2.75, 3.05) is 32.7 Å². The molecular formula is C17H23FN5OS+. The largest absolute Gasteiger partial charge is 0.332 e. The predicted molar refractivity (Wildman–Crippen MR) is 94.9 cm³/mol. The molecule has 1 saturated heterocycles. The molecule has 1 aliphatic rings. The van der Waals surface area contributed by atoms with E-state index in [-0.39, 0.29) is 17.0 Å². The standard InChI is InChI=1S/C17H22FN5OS/c1-3-22-8-10-23(11-9-22)16(24)12(2)25-17-19-15(20-21-17)13-6-4-5-7-14(13)18/h4-7,12H,3,8-11H2,1-2H3,(H,19,20,21)/p+1/t12-/m0/s1. The van der Waals surface area contributed by atoms with Crippen molar-refractivity contribution < 1.29 is 14.1 Å². The first-order chi connectivity index (χ1) is 12.1. The molecule has 134 valence electrons. The molecule has 0 saturated carbocycles. The molecule has 0 radical (unpaired) electrons. The minimum absolute atomic E-state index is 0.109. The van der Waals surface area contributed by atoms with Crippen molar-refractivity contribution in [1.29, 1.82) is 0 Å². The maximum Gasteiger partial charge on any atom is 0.236 e. The van der Waals surface area contributed by atoms with Crippen LogP contribution in [-0.2, 0) is 4.79 Å². The number of amides is 1. The predicted octanol–water partition coefficient (Wildman–Crippen LogP) is 0.838. The summed E-state index contributed by atoms with van der Waals surface area (Å²) in [6.07, 6.45) is 0. The Labute approximate surface area is 150 Å². The van der Waals surface area contributed by atoms with E-state index in [1.807, 2.05) is 11.8 Å². The van der Waals surface area contributed by atoms with Crippen LogP contribution in [0.15, 0.2) is 29.4 Å². The van der Waals surface area contributed by atoms with Crippen LogP contribution in [0.5, 0.6) is 0 Å². The average molecular weight is 364 g/mol. The first kappa shape index (κ1) is 17.9. The van der Waals surface area contributed by atoms with Gasteiger partial charge in [-0.05, 0) is 26.0 Å². The van der Waals surface area contributed by atoms with Gasteiger partial charge in [0.15, 0.2) is 5.82 Å². The highest BCUT2D eigenvalue weighted by Gasteiger charge is 2.27. The van der Waals surface area contributed by atoms with Gasteiger partial charge in [-0.15, -0.1) is 5.10 Å². The Morgan fingerprint density at radius 3 is 2.80 bits per heavy atom. The number of aromatic nitrogens is 3. The van der Waals surface area contributed by atoms with E-state index in [0.717, 1.165) is 32.7 Å². The molecule has 0 unspecified atom stereocenters. The topological polar surface area (TPSA) is 66.3 Å². The van der Waals surface area contributed by atoms with E-state index in [1.165, 1.54) is 22.7 Å². The fourth-order valence-corrected chi connectivity index (χ4v) is 3.74. The zero-order valence-corrected chi connectivity index (χ0v) is 15.3. The van der Waals surface area contributed by atoms with Gasteiger partial charge >= 0.3 is 0 Å². The maximum absolute atomic E-state index is 13.8. The average Bonchev–Trinajstić information content (AvgIpc) is 3.09. The molecule has 1 aromatic carbocycles. The summed E-state index contributed by atoms with van der Waals surface area (Å²) >= 11 is 1.30. The van der Waals surface area contributed by atoms with Crippen LogP contribution >= 0.6 is 11.8 Å². The quantitative estimate of drug-likeness (QED) is 0.772. The number of nitrogens with zero attached hydrogens (tertiary/aromatic N) is 3. The van der Waals surface area contributed by atoms with Crippen molar-refractivity contribution in [3.05, 3.63) is 30.1 Å². The minimum Gasteiger partial charge on any atom is -0.332 e. The number of quaternary nitrogens is 1. The molecule has 2 aromatic rings. The number of aromatic amines is 1. The van der Waals surface area contributed by atoms with E-state index in [2.05, 4.69) is 22.1 Å². The summed E-state index contributed by atoms with van der Waals surface area (Å²) in [5.74, 6) is 0.133. The number of thioether (sulfide) groups is 1. The lowest BCUT2D eigenvalue weighted by atomic mass is 10.2. The van der Waals surface area contributed by atoms with Crippen LogP contribution in [0.3, 0.4) is 0 Å². The van der Waals surface area contributed by atoms with Crippen LogP contribution in [-0.4, -0.2) is 64.0 Å². The number of halogens is 1. The summed E-state index contributed by atoms with van der Waals surface area (Å²) in [6, 6.07) is 6.41. The van der Waals surface area contributed by atoms with Gasteiger partial charge in [-0.3, -0.25) is 9.89 Å². The molecule has 25 heavy (non-hydrogen) atoms. The molecule has 1 fully saturated rings. The molecule has 1 atom stereocenters. The molecular weight excluding hydrogens is 341 g/mol. The fraction of sp³-hybridized carbons (Fsp3) is 0.471. The maximum atomic E-state index is 13.8. The lowest BCUT2D eigenvalue weighted by Crippen LogP contribution is -3.14. The second-order valence-corrected chi connectivity index (χ2v) is 7.44. The third kappa shape index (κ3) is 4.19. The van der Waals surface area contributed by atoms with Crippen molar-refractivity contribution in [2.45, 2.75) is 24.3 Å². The number of rotatable bonds is 5. The summed E-state index contributed by atoms with van der Waals surface area (Å²) in [4.78, 5) is 20.4. The van der Waals surface area contributed by atoms with Crippen molar-refractivity contribution >= 4 is 17.7 Å². The molecule has 8 heteroatoms. The molecule has 6 nitrogen and oxygen atoms in total. The van der Waals surface area contributed by atoms with Crippen molar-refractivity contribution in [1.82, 2.24) is 20.1 Å². The van der Waals surface area contributed by atoms with E-state index in [0.29, 0.717) is 16.5 Å². The minimum atomic E-state index is -0.351. The number of carbonyl (C=O) groups excluding carboxylic acids is 1. The van der Waals surface area contributed by atoms with Crippen molar-refractivity contribution in [2.24, 2.45) is 0 Å². The van der Waals surface area contributed by atoms with Gasteiger partial charge < -0.3 is 9.80 Å². The first-order valence-electron chi connectivity index (χ1n) is 8.54. The van der Waals surface area contributed by atoms with Crippen molar-refractivity contribution in [3.63, 3.8) is 0 Å². The van der Waals surface area contributed by atoms with Gasteiger partial charge in [0.25, 0.3) is 0 Å². The highest BCUT2D eigenvalue weighted by atomic mass is 32.2. The van der Waals surface area contributed by atoms with Gasteiger partial charge in [-0.25, -0.2) is 9.37 Å². The van der Waals surface area contributed by atoms with Gasteiger partial charge in [0, 0.05) is 0 Å². The molecule has 2 N–H and O–H groups in total. The number of benzene rings is 1. The number of nitrogens with one attached hydrogen (secondary N) is 2. The number of H-pyrrole nitrogens is 1. The van der Waals surface area contributed by atoms with E-state index in [4.69, 9.17) is 0 Å². The first-order valence-corrected chi connectivity index (χ1v) is 9.42. The Bertz CT molecular complexity index is 729. The molecule has 1 amide bonds. The van der Waals surface area contributed by atoms with Gasteiger partial charge in [0.05, 0.1) is 43.5 Å². The van der Waals surface area contributed by atoms with Crippen LogP contribution in [0.1, 0.15) is 13.8 Å². The summed E-state index contributed by atoms with van der Waals surface area (Å²) < 4.78 is 13.8. The Morgan fingerprint density at radius 1 is 1.40 bits per heavy atom. The molecule has 0 aliphatic carbocycles. The third-order valence-corrected chi connectivity index (χ3v) is 5.45.